The molecule has 0 radical (unpaired) electrons. The van der Waals surface area contributed by atoms with Crippen molar-refractivity contribution in [2.75, 3.05) is 6.54 Å². The normalized spacial score (nSPS) is 12.2. The first-order valence-corrected chi connectivity index (χ1v) is 5.29. The molecule has 0 spiro atoms. The zero-order valence-electron chi connectivity index (χ0n) is 8.60. The fourth-order valence-corrected chi connectivity index (χ4v) is 1.37. The first kappa shape index (κ1) is 12.1. The molecule has 0 aliphatic heterocycles. The van der Waals surface area contributed by atoms with Gasteiger partial charge in [-0.15, -0.1) is 12.6 Å². The minimum absolute atomic E-state index is 0.133. The number of thiol groups is 1. The van der Waals surface area contributed by atoms with E-state index >= 15 is 0 Å². The summed E-state index contributed by atoms with van der Waals surface area (Å²) in [6, 6.07) is 7.04. The van der Waals surface area contributed by atoms with Crippen LogP contribution in [0.2, 0.25) is 0 Å². The van der Waals surface area contributed by atoms with Gasteiger partial charge in [-0.3, -0.25) is 4.79 Å². The molecule has 0 heterocycles. The van der Waals surface area contributed by atoms with Crippen molar-refractivity contribution in [3.05, 3.63) is 29.8 Å². The summed E-state index contributed by atoms with van der Waals surface area (Å²) in [7, 11) is 0. The van der Waals surface area contributed by atoms with Crippen LogP contribution >= 0.6 is 12.6 Å². The molecule has 3 nitrogen and oxygen atoms in total. The number of benzene rings is 1. The van der Waals surface area contributed by atoms with Crippen molar-refractivity contribution in [1.29, 1.82) is 0 Å². The molecule has 1 unspecified atom stereocenters. The predicted octanol–water partition coefficient (Wildman–Crippen LogP) is 1.48. The molecule has 1 atom stereocenters. The predicted molar refractivity (Wildman–Crippen MR) is 62.3 cm³/mol. The van der Waals surface area contributed by atoms with Gasteiger partial charge in [0.25, 0.3) is 5.91 Å². The maximum absolute atomic E-state index is 11.6. The van der Waals surface area contributed by atoms with Crippen molar-refractivity contribution in [3.8, 4) is 0 Å². The standard InChI is InChI=1S/C11H15NO2S/c1-8(13)5-6-12-11(14)9-3-2-4-10(15)7-9/h2-4,7-8,13,15H,5-6H2,1H3,(H,12,14). The van der Waals surface area contributed by atoms with Gasteiger partial charge < -0.3 is 10.4 Å². The lowest BCUT2D eigenvalue weighted by atomic mass is 10.2. The quantitative estimate of drug-likeness (QED) is 0.680. The van der Waals surface area contributed by atoms with E-state index in [0.717, 1.165) is 4.90 Å². The number of aliphatic hydroxyl groups is 1. The number of nitrogens with one attached hydrogen (secondary N) is 1. The Morgan fingerprint density at radius 3 is 2.93 bits per heavy atom. The summed E-state index contributed by atoms with van der Waals surface area (Å²) >= 11 is 4.15. The van der Waals surface area contributed by atoms with Gasteiger partial charge in [0.05, 0.1) is 6.10 Å². The average molecular weight is 225 g/mol. The van der Waals surface area contributed by atoms with Gasteiger partial charge in [-0.25, -0.2) is 0 Å². The van der Waals surface area contributed by atoms with Crippen molar-refractivity contribution in [3.63, 3.8) is 0 Å². The number of aliphatic hydroxyl groups excluding tert-OH is 1. The van der Waals surface area contributed by atoms with Gasteiger partial charge in [0.2, 0.25) is 0 Å². The van der Waals surface area contributed by atoms with Crippen LogP contribution in [0.15, 0.2) is 29.2 Å². The Labute approximate surface area is 94.9 Å². The molecular formula is C11H15NO2S. The number of hydrogen-bond acceptors (Lipinski definition) is 3. The summed E-state index contributed by atoms with van der Waals surface area (Å²) < 4.78 is 0. The highest BCUT2D eigenvalue weighted by atomic mass is 32.1. The highest BCUT2D eigenvalue weighted by molar-refractivity contribution is 7.80. The molecular weight excluding hydrogens is 210 g/mol. The van der Waals surface area contributed by atoms with E-state index in [9.17, 15) is 4.79 Å². The van der Waals surface area contributed by atoms with Gasteiger partial charge in [-0.1, -0.05) is 6.07 Å². The number of amides is 1. The van der Waals surface area contributed by atoms with Crippen LogP contribution in [0.1, 0.15) is 23.7 Å². The van der Waals surface area contributed by atoms with Crippen molar-refractivity contribution < 1.29 is 9.90 Å². The molecule has 0 bridgehead atoms. The summed E-state index contributed by atoms with van der Waals surface area (Å²) in [4.78, 5) is 12.3. The molecule has 1 aromatic carbocycles. The van der Waals surface area contributed by atoms with Gasteiger partial charge in [0.1, 0.15) is 0 Å². The van der Waals surface area contributed by atoms with E-state index in [1.54, 1.807) is 25.1 Å². The maximum Gasteiger partial charge on any atom is 0.251 e. The first-order valence-electron chi connectivity index (χ1n) is 4.85. The largest absolute Gasteiger partial charge is 0.393 e. The molecule has 82 valence electrons. The Balaban J connectivity index is 2.47. The maximum atomic E-state index is 11.6. The summed E-state index contributed by atoms with van der Waals surface area (Å²) in [6.45, 7) is 2.17. The monoisotopic (exact) mass is 225 g/mol. The summed E-state index contributed by atoms with van der Waals surface area (Å²) in [5.74, 6) is -0.133. The second kappa shape index (κ2) is 5.78. The molecule has 0 aromatic heterocycles. The topological polar surface area (TPSA) is 49.3 Å². The lowest BCUT2D eigenvalue weighted by Gasteiger charge is -2.06. The van der Waals surface area contributed by atoms with Crippen LogP contribution in [0, 0.1) is 0 Å². The van der Waals surface area contributed by atoms with Gasteiger partial charge in [-0.2, -0.15) is 0 Å². The molecule has 15 heavy (non-hydrogen) atoms. The highest BCUT2D eigenvalue weighted by Crippen LogP contribution is 2.08. The smallest absolute Gasteiger partial charge is 0.251 e. The molecule has 0 saturated carbocycles. The van der Waals surface area contributed by atoms with E-state index in [2.05, 4.69) is 17.9 Å². The van der Waals surface area contributed by atoms with E-state index in [1.165, 1.54) is 0 Å². The first-order chi connectivity index (χ1) is 7.09. The molecule has 0 saturated heterocycles. The van der Waals surface area contributed by atoms with Crippen LogP contribution in [0.4, 0.5) is 0 Å². The van der Waals surface area contributed by atoms with Crippen LogP contribution in [-0.4, -0.2) is 23.7 Å². The van der Waals surface area contributed by atoms with Crippen molar-refractivity contribution in [2.24, 2.45) is 0 Å². The Bertz CT molecular complexity index is 339. The van der Waals surface area contributed by atoms with Crippen molar-refractivity contribution in [2.45, 2.75) is 24.3 Å². The number of carbonyl (C=O) groups excluding carboxylic acids is 1. The second-order valence-electron chi connectivity index (χ2n) is 3.44. The van der Waals surface area contributed by atoms with E-state index in [4.69, 9.17) is 5.11 Å². The van der Waals surface area contributed by atoms with Gasteiger partial charge in [0.15, 0.2) is 0 Å². The lowest BCUT2D eigenvalue weighted by molar-refractivity contribution is 0.0945. The van der Waals surface area contributed by atoms with Crippen LogP contribution in [0.25, 0.3) is 0 Å². The Morgan fingerprint density at radius 2 is 2.33 bits per heavy atom. The molecule has 4 heteroatoms. The fourth-order valence-electron chi connectivity index (χ4n) is 1.14. The lowest BCUT2D eigenvalue weighted by Crippen LogP contribution is -2.26. The van der Waals surface area contributed by atoms with Gasteiger partial charge >= 0.3 is 0 Å². The van der Waals surface area contributed by atoms with Crippen molar-refractivity contribution in [1.82, 2.24) is 5.32 Å². The molecule has 1 rings (SSSR count). The number of hydrogen-bond donors (Lipinski definition) is 3. The third kappa shape index (κ3) is 4.36. The molecule has 1 amide bonds. The molecule has 0 aliphatic carbocycles. The van der Waals surface area contributed by atoms with E-state index in [1.807, 2.05) is 6.07 Å². The number of carbonyl (C=O) groups is 1. The summed E-state index contributed by atoms with van der Waals surface area (Å²) in [6.07, 6.45) is 0.174. The minimum atomic E-state index is -0.387. The SMILES string of the molecule is CC(O)CCNC(=O)c1cccc(S)c1. The third-order valence-electron chi connectivity index (χ3n) is 1.96. The van der Waals surface area contributed by atoms with E-state index in [0.29, 0.717) is 18.5 Å². The Hall–Kier alpha value is -1.00. The van der Waals surface area contributed by atoms with Crippen LogP contribution < -0.4 is 5.32 Å². The van der Waals surface area contributed by atoms with Gasteiger partial charge in [-0.05, 0) is 31.5 Å². The highest BCUT2D eigenvalue weighted by Gasteiger charge is 2.05. The van der Waals surface area contributed by atoms with E-state index in [-0.39, 0.29) is 12.0 Å². The molecule has 2 N–H and O–H groups in total. The summed E-state index contributed by atoms with van der Waals surface area (Å²) in [5, 5.41) is 11.7. The minimum Gasteiger partial charge on any atom is -0.393 e. The average Bonchev–Trinajstić information content (AvgIpc) is 2.17. The Kier molecular flexibility index (Phi) is 4.65. The summed E-state index contributed by atoms with van der Waals surface area (Å²) in [5.41, 5.74) is 0.591. The molecule has 0 aliphatic rings. The second-order valence-corrected chi connectivity index (χ2v) is 3.96. The third-order valence-corrected chi connectivity index (χ3v) is 2.23. The number of rotatable bonds is 4. The van der Waals surface area contributed by atoms with Crippen molar-refractivity contribution >= 4 is 18.5 Å². The zero-order valence-corrected chi connectivity index (χ0v) is 9.50. The molecule has 0 fully saturated rings. The van der Waals surface area contributed by atoms with Crippen LogP contribution in [0.3, 0.4) is 0 Å². The fraction of sp³-hybridized carbons (Fsp3) is 0.364. The van der Waals surface area contributed by atoms with E-state index < -0.39 is 0 Å². The zero-order chi connectivity index (χ0) is 11.3. The Morgan fingerprint density at radius 1 is 1.60 bits per heavy atom. The van der Waals surface area contributed by atoms with Crippen LogP contribution in [0.5, 0.6) is 0 Å². The molecule has 1 aromatic rings. The van der Waals surface area contributed by atoms with Gasteiger partial charge in [0, 0.05) is 17.0 Å². The van der Waals surface area contributed by atoms with Crippen LogP contribution in [-0.2, 0) is 0 Å².